The molecule has 1 aliphatic heterocycles. The van der Waals surface area contributed by atoms with E-state index in [9.17, 15) is 4.79 Å². The monoisotopic (exact) mass is 427 g/mol. The van der Waals surface area contributed by atoms with Crippen LogP contribution in [0.4, 0.5) is 5.69 Å². The molecule has 140 valence electrons. The Bertz CT molecular complexity index is 1120. The Balaban J connectivity index is 1.61. The number of hydrogen-bond acceptors (Lipinski definition) is 3. The van der Waals surface area contributed by atoms with Gasteiger partial charge in [-0.25, -0.2) is 4.99 Å². The van der Waals surface area contributed by atoms with E-state index in [1.54, 1.807) is 18.2 Å². The molecule has 0 unspecified atom stereocenters. The molecule has 1 aliphatic rings. The van der Waals surface area contributed by atoms with Crippen molar-refractivity contribution in [3.8, 4) is 5.69 Å². The van der Waals surface area contributed by atoms with Gasteiger partial charge in [-0.3, -0.25) is 4.79 Å². The molecule has 0 saturated carbocycles. The molecule has 1 aromatic heterocycles. The summed E-state index contributed by atoms with van der Waals surface area (Å²) in [6, 6.07) is 17.3. The second kappa shape index (κ2) is 7.87. The molecular weight excluding hydrogens is 413 g/mol. The molecule has 0 spiro atoms. The number of nitrogens with one attached hydrogen (secondary N) is 1. The number of nitrogens with zero attached hydrogens (tertiary/aromatic N) is 2. The molecule has 4 nitrogen and oxygen atoms in total. The maximum absolute atomic E-state index is 12.3. The van der Waals surface area contributed by atoms with Gasteiger partial charge in [0, 0.05) is 17.6 Å². The van der Waals surface area contributed by atoms with Gasteiger partial charge < -0.3 is 9.88 Å². The van der Waals surface area contributed by atoms with Gasteiger partial charge in [-0.1, -0.05) is 47.5 Å². The Morgan fingerprint density at radius 2 is 1.89 bits per heavy atom. The van der Waals surface area contributed by atoms with Crippen LogP contribution in [0.5, 0.6) is 0 Å². The first-order valence-electron chi connectivity index (χ1n) is 8.49. The van der Waals surface area contributed by atoms with Crippen molar-refractivity contribution in [2.24, 2.45) is 4.99 Å². The van der Waals surface area contributed by atoms with Crippen LogP contribution in [-0.4, -0.2) is 15.6 Å². The summed E-state index contributed by atoms with van der Waals surface area (Å²) in [5.74, 6) is -0.188. The van der Waals surface area contributed by atoms with Gasteiger partial charge in [0.2, 0.25) is 0 Å². The first kappa shape index (κ1) is 18.9. The summed E-state index contributed by atoms with van der Waals surface area (Å²) in [4.78, 5) is 17.3. The summed E-state index contributed by atoms with van der Waals surface area (Å²) in [6.07, 6.45) is 3.86. The zero-order valence-corrected chi connectivity index (χ0v) is 17.1. The largest absolute Gasteiger partial charge is 0.321 e. The fraction of sp³-hybridized carbons (Fsp3) is 0.0476. The lowest BCUT2D eigenvalue weighted by Crippen LogP contribution is -2.19. The molecule has 2 heterocycles. The fourth-order valence-corrected chi connectivity index (χ4v) is 4.04. The van der Waals surface area contributed by atoms with Gasteiger partial charge in [-0.05, 0) is 60.7 Å². The van der Waals surface area contributed by atoms with Crippen LogP contribution < -0.4 is 5.32 Å². The number of halogens is 2. The van der Waals surface area contributed by atoms with Gasteiger partial charge in [0.05, 0.1) is 20.6 Å². The number of rotatable bonds is 3. The van der Waals surface area contributed by atoms with Crippen LogP contribution in [0.25, 0.3) is 11.8 Å². The van der Waals surface area contributed by atoms with Crippen molar-refractivity contribution in [1.29, 1.82) is 0 Å². The highest BCUT2D eigenvalue weighted by Gasteiger charge is 2.24. The quantitative estimate of drug-likeness (QED) is 0.522. The number of hydrogen-bond donors (Lipinski definition) is 1. The third-order valence-corrected chi connectivity index (χ3v) is 5.89. The molecule has 1 N–H and O–H groups in total. The van der Waals surface area contributed by atoms with Crippen LogP contribution in [0.2, 0.25) is 10.0 Å². The lowest BCUT2D eigenvalue weighted by Gasteiger charge is -2.04. The predicted octanol–water partition coefficient (Wildman–Crippen LogP) is 5.98. The Hall–Kier alpha value is -2.47. The summed E-state index contributed by atoms with van der Waals surface area (Å²) in [6.45, 7) is 2.03. The minimum absolute atomic E-state index is 0.188. The van der Waals surface area contributed by atoms with E-state index in [1.807, 2.05) is 55.6 Å². The molecular formula is C21H15Cl2N3OS. The molecule has 1 saturated heterocycles. The van der Waals surface area contributed by atoms with Crippen LogP contribution in [0.3, 0.4) is 0 Å². The smallest absolute Gasteiger partial charge is 0.264 e. The van der Waals surface area contributed by atoms with Crippen molar-refractivity contribution in [1.82, 2.24) is 9.88 Å². The zero-order chi connectivity index (χ0) is 19.7. The minimum atomic E-state index is -0.188. The maximum Gasteiger partial charge on any atom is 0.264 e. The summed E-state index contributed by atoms with van der Waals surface area (Å²) in [5, 5.41) is 4.02. The highest BCUT2D eigenvalue weighted by Crippen LogP contribution is 2.34. The molecule has 2 aromatic carbocycles. The number of carbonyl (C=O) groups excluding carboxylic acids is 1. The van der Waals surface area contributed by atoms with Crippen LogP contribution in [0.15, 0.2) is 70.7 Å². The maximum atomic E-state index is 12.3. The number of amidine groups is 1. The van der Waals surface area contributed by atoms with Crippen LogP contribution in [0.1, 0.15) is 11.3 Å². The standard InChI is InChI=1S/C21H15Cl2N3OS/c1-13-10-14(12-26(13)15-6-3-2-4-7-15)11-18-20(27)25-21(28-18)24-17-9-5-8-16(22)19(17)23/h2-12H,1H3,(H,24,25,27)/b18-11+. The molecule has 4 rings (SSSR count). The number of aliphatic imine (C=N–C) groups is 1. The van der Waals surface area contributed by atoms with Gasteiger partial charge in [-0.2, -0.15) is 0 Å². The summed E-state index contributed by atoms with van der Waals surface area (Å²) < 4.78 is 2.09. The van der Waals surface area contributed by atoms with Crippen LogP contribution >= 0.6 is 35.0 Å². The van der Waals surface area contributed by atoms with Crippen molar-refractivity contribution >= 4 is 57.8 Å². The van der Waals surface area contributed by atoms with E-state index in [0.29, 0.717) is 25.8 Å². The predicted molar refractivity (Wildman–Crippen MR) is 118 cm³/mol. The first-order valence-corrected chi connectivity index (χ1v) is 10.1. The number of thioether (sulfide) groups is 1. The summed E-state index contributed by atoms with van der Waals surface area (Å²) >= 11 is 13.5. The lowest BCUT2D eigenvalue weighted by molar-refractivity contribution is -0.115. The fourth-order valence-electron chi connectivity index (χ4n) is 2.86. The van der Waals surface area contributed by atoms with E-state index in [0.717, 1.165) is 16.9 Å². The molecule has 7 heteroatoms. The van der Waals surface area contributed by atoms with Gasteiger partial charge in [0.1, 0.15) is 0 Å². The topological polar surface area (TPSA) is 46.4 Å². The van der Waals surface area contributed by atoms with Gasteiger partial charge in [-0.15, -0.1) is 0 Å². The molecule has 1 fully saturated rings. The van der Waals surface area contributed by atoms with Crippen molar-refractivity contribution in [3.05, 3.63) is 87.0 Å². The summed E-state index contributed by atoms with van der Waals surface area (Å²) in [7, 11) is 0. The third kappa shape index (κ3) is 3.87. The van der Waals surface area contributed by atoms with Crippen LogP contribution in [0, 0.1) is 6.92 Å². The first-order chi connectivity index (χ1) is 13.5. The molecule has 28 heavy (non-hydrogen) atoms. The van der Waals surface area contributed by atoms with Gasteiger partial charge >= 0.3 is 0 Å². The van der Waals surface area contributed by atoms with E-state index in [1.165, 1.54) is 11.8 Å². The number of aryl methyl sites for hydroxylation is 1. The second-order valence-corrected chi connectivity index (χ2v) is 7.99. The number of carbonyl (C=O) groups is 1. The highest BCUT2D eigenvalue weighted by atomic mass is 35.5. The Labute approximate surface area is 176 Å². The molecule has 0 bridgehead atoms. The number of para-hydroxylation sites is 1. The SMILES string of the molecule is Cc1cc(/C=C2/SC(=Nc3cccc(Cl)c3Cl)NC2=O)cn1-c1ccccc1. The zero-order valence-electron chi connectivity index (χ0n) is 14.8. The molecule has 3 aromatic rings. The molecule has 0 radical (unpaired) electrons. The number of aromatic nitrogens is 1. The van der Waals surface area contributed by atoms with Gasteiger partial charge in [0.25, 0.3) is 5.91 Å². The average molecular weight is 428 g/mol. The van der Waals surface area contributed by atoms with Crippen molar-refractivity contribution in [3.63, 3.8) is 0 Å². The molecule has 0 aliphatic carbocycles. The lowest BCUT2D eigenvalue weighted by atomic mass is 10.3. The van der Waals surface area contributed by atoms with E-state index in [-0.39, 0.29) is 5.91 Å². The number of amides is 1. The second-order valence-electron chi connectivity index (χ2n) is 6.18. The molecule has 0 atom stereocenters. The highest BCUT2D eigenvalue weighted by molar-refractivity contribution is 8.18. The van der Waals surface area contributed by atoms with E-state index >= 15 is 0 Å². The summed E-state index contributed by atoms with van der Waals surface area (Å²) in [5.41, 5.74) is 3.62. The third-order valence-electron chi connectivity index (χ3n) is 4.17. The van der Waals surface area contributed by atoms with Crippen LogP contribution in [-0.2, 0) is 4.79 Å². The Kier molecular flexibility index (Phi) is 5.31. The normalized spacial score (nSPS) is 16.8. The van der Waals surface area contributed by atoms with E-state index < -0.39 is 0 Å². The molecule has 1 amide bonds. The average Bonchev–Trinajstić information content (AvgIpc) is 3.22. The Morgan fingerprint density at radius 1 is 1.11 bits per heavy atom. The minimum Gasteiger partial charge on any atom is -0.321 e. The van der Waals surface area contributed by atoms with Crippen molar-refractivity contribution in [2.45, 2.75) is 6.92 Å². The van der Waals surface area contributed by atoms with Gasteiger partial charge in [0.15, 0.2) is 5.17 Å². The van der Waals surface area contributed by atoms with E-state index in [4.69, 9.17) is 23.2 Å². The van der Waals surface area contributed by atoms with E-state index in [2.05, 4.69) is 14.9 Å². The Morgan fingerprint density at radius 3 is 2.68 bits per heavy atom. The van der Waals surface area contributed by atoms with Crippen molar-refractivity contribution < 1.29 is 4.79 Å². The van der Waals surface area contributed by atoms with Crippen molar-refractivity contribution in [2.75, 3.05) is 0 Å². The number of benzene rings is 2.